The molecule has 0 aliphatic heterocycles. The summed E-state index contributed by atoms with van der Waals surface area (Å²) >= 11 is 1.40. The second-order valence-corrected chi connectivity index (χ2v) is 6.60. The summed E-state index contributed by atoms with van der Waals surface area (Å²) in [6.45, 7) is 2.00. The average Bonchev–Trinajstić information content (AvgIpc) is 3.11. The number of aromatic nitrogens is 2. The molecule has 1 amide bonds. The van der Waals surface area contributed by atoms with E-state index in [-0.39, 0.29) is 5.91 Å². The molecule has 2 aromatic heterocycles. The number of benzene rings is 1. The lowest BCUT2D eigenvalue weighted by Gasteiger charge is -2.08. The Kier molecular flexibility index (Phi) is 5.53. The van der Waals surface area contributed by atoms with Gasteiger partial charge in [0.25, 0.3) is 0 Å². The van der Waals surface area contributed by atoms with E-state index in [1.54, 1.807) is 12.4 Å². The Hall–Kier alpha value is -2.57. The highest BCUT2D eigenvalue weighted by atomic mass is 32.1. The monoisotopic (exact) mass is 352 g/mol. The number of amides is 1. The minimum Gasteiger partial charge on any atom is -0.320 e. The van der Waals surface area contributed by atoms with Crippen LogP contribution in [0.2, 0.25) is 0 Å². The van der Waals surface area contributed by atoms with Gasteiger partial charge in [-0.2, -0.15) is 0 Å². The maximum Gasteiger partial charge on any atom is 0.243 e. The predicted molar refractivity (Wildman–Crippen MR) is 102 cm³/mol. The number of nitrogens with zero attached hydrogens (tertiary/aromatic N) is 2. The van der Waals surface area contributed by atoms with Crippen LogP contribution >= 0.6 is 11.3 Å². The van der Waals surface area contributed by atoms with E-state index >= 15 is 0 Å². The summed E-state index contributed by atoms with van der Waals surface area (Å²) in [5.74, 6) is -0.187. The molecule has 0 aliphatic carbocycles. The van der Waals surface area contributed by atoms with Crippen LogP contribution in [0, 0.1) is 0 Å². The summed E-state index contributed by atoms with van der Waals surface area (Å²) in [5.41, 5.74) is 9.88. The van der Waals surface area contributed by atoms with Crippen LogP contribution in [0.1, 0.15) is 19.8 Å². The Morgan fingerprint density at radius 3 is 2.72 bits per heavy atom. The van der Waals surface area contributed by atoms with E-state index in [1.807, 2.05) is 36.6 Å². The normalized spacial score (nSPS) is 11.9. The summed E-state index contributed by atoms with van der Waals surface area (Å²) in [6.07, 6.45) is 5.09. The first-order valence-corrected chi connectivity index (χ1v) is 9.08. The molecule has 3 rings (SSSR count). The quantitative estimate of drug-likeness (QED) is 0.704. The van der Waals surface area contributed by atoms with Crippen LogP contribution in [0.5, 0.6) is 0 Å². The zero-order valence-corrected chi connectivity index (χ0v) is 14.8. The van der Waals surface area contributed by atoms with Gasteiger partial charge < -0.3 is 11.1 Å². The van der Waals surface area contributed by atoms with Gasteiger partial charge in [-0.05, 0) is 35.7 Å². The van der Waals surface area contributed by atoms with Gasteiger partial charge in [-0.15, -0.1) is 11.3 Å². The molecule has 0 saturated carbocycles. The molecule has 0 aliphatic rings. The molecule has 0 saturated heterocycles. The van der Waals surface area contributed by atoms with E-state index < -0.39 is 6.04 Å². The number of rotatable bonds is 6. The fraction of sp³-hybridized carbons (Fsp3) is 0.211. The fourth-order valence-corrected chi connectivity index (χ4v) is 3.23. The van der Waals surface area contributed by atoms with E-state index in [0.717, 1.165) is 28.8 Å². The lowest BCUT2D eigenvalue weighted by atomic mass is 10.0. The Morgan fingerprint density at radius 2 is 1.96 bits per heavy atom. The van der Waals surface area contributed by atoms with Gasteiger partial charge in [0.05, 0.1) is 11.7 Å². The molecule has 1 unspecified atom stereocenters. The van der Waals surface area contributed by atoms with Crippen LogP contribution in [0.25, 0.3) is 22.4 Å². The second-order valence-electron chi connectivity index (χ2n) is 5.74. The van der Waals surface area contributed by atoms with Crippen LogP contribution in [-0.4, -0.2) is 21.9 Å². The number of carbonyl (C=O) groups excluding carboxylic acids is 1. The van der Waals surface area contributed by atoms with Gasteiger partial charge in [0, 0.05) is 23.3 Å². The van der Waals surface area contributed by atoms with E-state index in [0.29, 0.717) is 11.6 Å². The van der Waals surface area contributed by atoms with Crippen molar-refractivity contribution in [3.8, 4) is 22.4 Å². The van der Waals surface area contributed by atoms with Crippen LogP contribution in [-0.2, 0) is 4.79 Å². The predicted octanol–water partition coefficient (Wildman–Crippen LogP) is 3.94. The molecule has 1 atom stereocenters. The zero-order valence-electron chi connectivity index (χ0n) is 14.0. The van der Waals surface area contributed by atoms with Crippen LogP contribution < -0.4 is 11.1 Å². The number of pyridine rings is 1. The number of hydrogen-bond acceptors (Lipinski definition) is 5. The first-order valence-electron chi connectivity index (χ1n) is 8.20. The Labute approximate surface area is 151 Å². The fourth-order valence-electron chi connectivity index (χ4n) is 2.51. The molecule has 0 radical (unpaired) electrons. The minimum absolute atomic E-state index is 0.187. The van der Waals surface area contributed by atoms with Crippen molar-refractivity contribution in [2.45, 2.75) is 25.8 Å². The molecule has 0 fully saturated rings. The molecule has 5 nitrogen and oxygen atoms in total. The van der Waals surface area contributed by atoms with Gasteiger partial charge in [0.15, 0.2) is 5.13 Å². The highest BCUT2D eigenvalue weighted by Gasteiger charge is 2.14. The van der Waals surface area contributed by atoms with Crippen molar-refractivity contribution < 1.29 is 4.79 Å². The van der Waals surface area contributed by atoms with Crippen LogP contribution in [0.3, 0.4) is 0 Å². The third kappa shape index (κ3) is 4.29. The highest BCUT2D eigenvalue weighted by molar-refractivity contribution is 7.14. The Bertz CT molecular complexity index is 847. The van der Waals surface area contributed by atoms with Gasteiger partial charge >= 0.3 is 0 Å². The smallest absolute Gasteiger partial charge is 0.243 e. The first kappa shape index (κ1) is 17.3. The third-order valence-corrected chi connectivity index (χ3v) is 4.60. The largest absolute Gasteiger partial charge is 0.320 e. The summed E-state index contributed by atoms with van der Waals surface area (Å²) < 4.78 is 0. The number of nitrogens with one attached hydrogen (secondary N) is 1. The lowest BCUT2D eigenvalue weighted by Crippen LogP contribution is -2.35. The topological polar surface area (TPSA) is 80.9 Å². The van der Waals surface area contributed by atoms with Crippen molar-refractivity contribution >= 4 is 22.4 Å². The highest BCUT2D eigenvalue weighted by Crippen LogP contribution is 2.28. The molecule has 3 N–H and O–H groups in total. The molecular weight excluding hydrogens is 332 g/mol. The van der Waals surface area contributed by atoms with Crippen molar-refractivity contribution in [1.29, 1.82) is 0 Å². The van der Waals surface area contributed by atoms with Crippen molar-refractivity contribution in [2.24, 2.45) is 5.73 Å². The molecule has 128 valence electrons. The van der Waals surface area contributed by atoms with E-state index in [9.17, 15) is 4.79 Å². The summed E-state index contributed by atoms with van der Waals surface area (Å²) in [7, 11) is 0. The van der Waals surface area contributed by atoms with E-state index in [2.05, 4.69) is 27.4 Å². The van der Waals surface area contributed by atoms with Gasteiger partial charge in [-0.25, -0.2) is 4.98 Å². The minimum atomic E-state index is -0.493. The number of thiazole rings is 1. The zero-order chi connectivity index (χ0) is 17.6. The summed E-state index contributed by atoms with van der Waals surface area (Å²) in [4.78, 5) is 20.6. The van der Waals surface area contributed by atoms with Crippen molar-refractivity contribution in [2.75, 3.05) is 5.32 Å². The van der Waals surface area contributed by atoms with E-state index in [1.165, 1.54) is 11.3 Å². The molecule has 1 aromatic carbocycles. The van der Waals surface area contributed by atoms with Gasteiger partial charge in [-0.1, -0.05) is 31.5 Å². The number of anilines is 1. The molecule has 2 heterocycles. The van der Waals surface area contributed by atoms with Crippen molar-refractivity contribution in [1.82, 2.24) is 9.97 Å². The number of carbonyl (C=O) groups is 1. The van der Waals surface area contributed by atoms with E-state index in [4.69, 9.17) is 5.73 Å². The molecule has 0 bridgehead atoms. The van der Waals surface area contributed by atoms with Crippen molar-refractivity contribution in [3.05, 3.63) is 54.2 Å². The van der Waals surface area contributed by atoms with Crippen molar-refractivity contribution in [3.63, 3.8) is 0 Å². The van der Waals surface area contributed by atoms with Crippen LogP contribution in [0.15, 0.2) is 54.2 Å². The average molecular weight is 352 g/mol. The molecule has 3 aromatic rings. The Balaban J connectivity index is 1.78. The summed E-state index contributed by atoms with van der Waals surface area (Å²) in [5, 5.41) is 5.31. The molecular formula is C19H20N4OS. The molecule has 25 heavy (non-hydrogen) atoms. The third-order valence-electron chi connectivity index (χ3n) is 3.84. The summed E-state index contributed by atoms with van der Waals surface area (Å²) in [6, 6.07) is 11.6. The molecule has 0 spiro atoms. The van der Waals surface area contributed by atoms with Crippen LogP contribution in [0.4, 0.5) is 5.13 Å². The Morgan fingerprint density at radius 1 is 1.20 bits per heavy atom. The van der Waals surface area contributed by atoms with Gasteiger partial charge in [0.1, 0.15) is 0 Å². The standard InChI is InChI=1S/C19H20N4OS/c1-2-4-16(20)18(24)23-19-22-17(12-25-19)15-6-3-5-14(11-15)13-7-9-21-10-8-13/h3,5-12,16H,2,4,20H2,1H3,(H,22,23,24). The lowest BCUT2D eigenvalue weighted by molar-refractivity contribution is -0.117. The maximum absolute atomic E-state index is 12.0. The number of nitrogens with two attached hydrogens (primary N) is 1. The molecule has 6 heteroatoms. The van der Waals surface area contributed by atoms with Gasteiger partial charge in [0.2, 0.25) is 5.91 Å². The number of hydrogen-bond donors (Lipinski definition) is 2. The SMILES string of the molecule is CCCC(N)C(=O)Nc1nc(-c2cccc(-c3ccncc3)c2)cs1. The van der Waals surface area contributed by atoms with Gasteiger partial charge in [-0.3, -0.25) is 9.78 Å². The first-order chi connectivity index (χ1) is 12.2. The maximum atomic E-state index is 12.0. The second kappa shape index (κ2) is 8.00.